The van der Waals surface area contributed by atoms with Crippen molar-refractivity contribution in [2.24, 2.45) is 0 Å². The fraction of sp³-hybridized carbons (Fsp3) is 0. The van der Waals surface area contributed by atoms with E-state index in [9.17, 15) is 0 Å². The molecule has 0 atom stereocenters. The smallest absolute Gasteiger partial charge is 0.153 e. The van der Waals surface area contributed by atoms with Crippen LogP contribution in [0.3, 0.4) is 0 Å². The Morgan fingerprint density at radius 3 is 1.91 bits per heavy atom. The molecule has 3 aromatic heterocycles. The molecule has 0 aliphatic heterocycles. The van der Waals surface area contributed by atoms with Crippen molar-refractivity contribution in [3.05, 3.63) is 188 Å². The Hall–Kier alpha value is -7.17. The van der Waals surface area contributed by atoms with Gasteiger partial charge in [-0.3, -0.25) is 4.98 Å². The van der Waals surface area contributed by atoms with Gasteiger partial charge in [-0.25, -0.2) is 0 Å². The Kier molecular flexibility index (Phi) is 6.52. The molecule has 8 aromatic carbocycles. The maximum Gasteiger partial charge on any atom is 0.153 e. The van der Waals surface area contributed by atoms with Crippen LogP contribution in [0.15, 0.2) is 193 Å². The summed E-state index contributed by atoms with van der Waals surface area (Å²) in [4.78, 5) is 6.61. The zero-order valence-electron chi connectivity index (χ0n) is 28.6. The van der Waals surface area contributed by atoms with Crippen molar-refractivity contribution >= 4 is 82.4 Å². The average molecular weight is 678 g/mol. The van der Waals surface area contributed by atoms with Gasteiger partial charge in [0.05, 0.1) is 17.2 Å². The molecule has 0 fully saturated rings. The third kappa shape index (κ3) is 4.73. The van der Waals surface area contributed by atoms with Crippen molar-refractivity contribution in [1.29, 1.82) is 0 Å². The number of benzene rings is 8. The van der Waals surface area contributed by atoms with E-state index >= 15 is 0 Å². The summed E-state index contributed by atoms with van der Waals surface area (Å²) in [6.07, 6.45) is 3.60. The van der Waals surface area contributed by atoms with Crippen LogP contribution in [0.1, 0.15) is 0 Å². The Morgan fingerprint density at radius 2 is 1.08 bits per heavy atom. The molecule has 0 N–H and O–H groups in total. The maximum atomic E-state index is 6.33. The van der Waals surface area contributed by atoms with E-state index in [2.05, 4.69) is 184 Å². The Morgan fingerprint density at radius 1 is 0.434 bits per heavy atom. The summed E-state index contributed by atoms with van der Waals surface area (Å²) in [5.41, 5.74) is 10.7. The molecular formula is C49H31N3O. The molecule has 11 rings (SSSR count). The summed E-state index contributed by atoms with van der Waals surface area (Å²) in [6.45, 7) is 0. The summed E-state index contributed by atoms with van der Waals surface area (Å²) in [7, 11) is 0. The van der Waals surface area contributed by atoms with Crippen molar-refractivity contribution in [2.45, 2.75) is 0 Å². The molecule has 0 spiro atoms. The highest BCUT2D eigenvalue weighted by atomic mass is 16.3. The number of anilines is 3. The number of hydrogen-bond donors (Lipinski definition) is 0. The second-order valence-corrected chi connectivity index (χ2v) is 13.6. The van der Waals surface area contributed by atoms with Crippen LogP contribution in [0.25, 0.3) is 82.1 Å². The molecule has 0 radical (unpaired) electrons. The normalized spacial score (nSPS) is 11.8. The van der Waals surface area contributed by atoms with Crippen molar-refractivity contribution in [1.82, 2.24) is 9.55 Å². The van der Waals surface area contributed by atoms with Crippen molar-refractivity contribution < 1.29 is 4.42 Å². The fourth-order valence-electron chi connectivity index (χ4n) is 8.17. The van der Waals surface area contributed by atoms with Gasteiger partial charge in [0.15, 0.2) is 5.58 Å². The minimum atomic E-state index is 0.787. The number of fused-ring (bicyclic) bond motifs is 8. The predicted octanol–water partition coefficient (Wildman–Crippen LogP) is 13.5. The average Bonchev–Trinajstić information content (AvgIpc) is 3.76. The number of hydrogen-bond acceptors (Lipinski definition) is 3. The van der Waals surface area contributed by atoms with E-state index in [1.165, 1.54) is 54.5 Å². The number of aromatic nitrogens is 2. The first kappa shape index (κ1) is 29.5. The molecule has 4 heteroatoms. The zero-order valence-corrected chi connectivity index (χ0v) is 28.6. The van der Waals surface area contributed by atoms with E-state index in [1.807, 2.05) is 12.3 Å². The van der Waals surface area contributed by atoms with Gasteiger partial charge in [-0.15, -0.1) is 0 Å². The molecule has 0 amide bonds. The zero-order chi connectivity index (χ0) is 34.9. The molecule has 0 unspecified atom stereocenters. The third-order valence-corrected chi connectivity index (χ3v) is 10.6. The van der Waals surface area contributed by atoms with Crippen molar-refractivity contribution in [3.8, 4) is 16.8 Å². The van der Waals surface area contributed by atoms with Crippen LogP contribution in [-0.2, 0) is 0 Å². The molecule has 0 aliphatic carbocycles. The lowest BCUT2D eigenvalue weighted by molar-refractivity contribution is 0.667. The van der Waals surface area contributed by atoms with Crippen LogP contribution in [0, 0.1) is 0 Å². The quantitative estimate of drug-likeness (QED) is 0.182. The number of para-hydroxylation sites is 2. The van der Waals surface area contributed by atoms with Crippen LogP contribution >= 0.6 is 0 Å². The van der Waals surface area contributed by atoms with E-state index in [-0.39, 0.29) is 0 Å². The van der Waals surface area contributed by atoms with Crippen LogP contribution in [0.2, 0.25) is 0 Å². The molecule has 3 heterocycles. The van der Waals surface area contributed by atoms with Crippen molar-refractivity contribution in [2.75, 3.05) is 4.90 Å². The SMILES string of the molecule is c1ccc2c(-c3ccc4cc(N(c5ccc(-n6c7ccccc7c7ccccc76)cc5)c5ccc6c(c5)oc5cnccc56)ccc4c3)cccc2c1. The lowest BCUT2D eigenvalue weighted by Gasteiger charge is -2.26. The summed E-state index contributed by atoms with van der Waals surface area (Å²) < 4.78 is 8.69. The number of rotatable bonds is 5. The van der Waals surface area contributed by atoms with E-state index in [0.29, 0.717) is 0 Å². The maximum absolute atomic E-state index is 6.33. The van der Waals surface area contributed by atoms with E-state index < -0.39 is 0 Å². The van der Waals surface area contributed by atoms with Gasteiger partial charge in [0.25, 0.3) is 0 Å². The van der Waals surface area contributed by atoms with Crippen LogP contribution in [-0.4, -0.2) is 9.55 Å². The number of pyridine rings is 1. The fourth-order valence-corrected chi connectivity index (χ4v) is 8.17. The minimum Gasteiger partial charge on any atom is -0.454 e. The highest BCUT2D eigenvalue weighted by Crippen LogP contribution is 2.41. The first-order chi connectivity index (χ1) is 26.3. The molecule has 0 bridgehead atoms. The van der Waals surface area contributed by atoms with E-state index in [4.69, 9.17) is 4.42 Å². The van der Waals surface area contributed by atoms with Crippen LogP contribution in [0.4, 0.5) is 17.1 Å². The monoisotopic (exact) mass is 677 g/mol. The lowest BCUT2D eigenvalue weighted by atomic mass is 9.96. The van der Waals surface area contributed by atoms with Gasteiger partial charge < -0.3 is 13.9 Å². The third-order valence-electron chi connectivity index (χ3n) is 10.6. The van der Waals surface area contributed by atoms with Gasteiger partial charge in [0.2, 0.25) is 0 Å². The van der Waals surface area contributed by atoms with Crippen molar-refractivity contribution in [3.63, 3.8) is 0 Å². The molecular weight excluding hydrogens is 647 g/mol. The summed E-state index contributed by atoms with van der Waals surface area (Å²) >= 11 is 0. The lowest BCUT2D eigenvalue weighted by Crippen LogP contribution is -2.10. The standard InChI is InChI=1S/C49H31N3O/c1-2-10-40-32(8-1)9-7-13-41(40)35-17-16-34-29-38(19-18-33(34)28-35)51(39-24-25-44-45-26-27-50-31-49(45)53-48(44)30-39)36-20-22-37(23-21-36)52-46-14-5-3-11-42(46)43-12-4-6-15-47(43)52/h1-31H. The first-order valence-corrected chi connectivity index (χ1v) is 17.9. The summed E-state index contributed by atoms with van der Waals surface area (Å²) in [5.74, 6) is 0. The first-order valence-electron chi connectivity index (χ1n) is 17.9. The molecule has 11 aromatic rings. The molecule has 53 heavy (non-hydrogen) atoms. The molecule has 0 saturated carbocycles. The Bertz CT molecular complexity index is 3130. The minimum absolute atomic E-state index is 0.787. The van der Waals surface area contributed by atoms with Gasteiger partial charge in [-0.1, -0.05) is 97.1 Å². The largest absolute Gasteiger partial charge is 0.454 e. The van der Waals surface area contributed by atoms with Gasteiger partial charge in [-0.2, -0.15) is 0 Å². The highest BCUT2D eigenvalue weighted by Gasteiger charge is 2.18. The molecule has 4 nitrogen and oxygen atoms in total. The van der Waals surface area contributed by atoms with Gasteiger partial charge in [0, 0.05) is 56.6 Å². The predicted molar refractivity (Wildman–Crippen MR) is 221 cm³/mol. The van der Waals surface area contributed by atoms with E-state index in [0.717, 1.165) is 44.7 Å². The Balaban J connectivity index is 1.05. The topological polar surface area (TPSA) is 34.2 Å². The number of furan rings is 1. The second-order valence-electron chi connectivity index (χ2n) is 13.6. The van der Waals surface area contributed by atoms with E-state index in [1.54, 1.807) is 6.20 Å². The molecule has 0 aliphatic rings. The highest BCUT2D eigenvalue weighted by molar-refractivity contribution is 6.09. The molecule has 248 valence electrons. The summed E-state index contributed by atoms with van der Waals surface area (Å²) in [6, 6.07) is 63.4. The Labute approximate surface area is 305 Å². The summed E-state index contributed by atoms with van der Waals surface area (Å²) in [5, 5.41) is 9.53. The van der Waals surface area contributed by atoms with Crippen LogP contribution < -0.4 is 4.90 Å². The van der Waals surface area contributed by atoms with Gasteiger partial charge >= 0.3 is 0 Å². The van der Waals surface area contributed by atoms with Crippen LogP contribution in [0.5, 0.6) is 0 Å². The molecule has 0 saturated heterocycles. The second kappa shape index (κ2) is 11.7. The van der Waals surface area contributed by atoms with Gasteiger partial charge in [0.1, 0.15) is 5.58 Å². The number of nitrogens with zero attached hydrogens (tertiary/aromatic N) is 3. The van der Waals surface area contributed by atoms with Gasteiger partial charge in [-0.05, 0) is 105 Å².